The van der Waals surface area contributed by atoms with E-state index in [0.717, 1.165) is 22.6 Å². The number of rotatable bonds is 6. The Hall–Kier alpha value is -3.19. The summed E-state index contributed by atoms with van der Waals surface area (Å²) in [6.45, 7) is 10.3. The molecular formula is C31H39N5OS. The zero-order chi connectivity index (χ0) is 27.0. The molecule has 1 amide bonds. The number of carbonyl (C=O) groups excluding carboxylic acids is 1. The van der Waals surface area contributed by atoms with Crippen LogP contribution in [0.5, 0.6) is 0 Å². The van der Waals surface area contributed by atoms with E-state index in [1.165, 1.54) is 49.1 Å². The van der Waals surface area contributed by atoms with E-state index in [-0.39, 0.29) is 23.9 Å². The maximum absolute atomic E-state index is 12.3. The van der Waals surface area contributed by atoms with E-state index < -0.39 is 0 Å². The molecule has 1 aliphatic heterocycles. The fourth-order valence-corrected chi connectivity index (χ4v) is 6.51. The van der Waals surface area contributed by atoms with E-state index in [1.807, 2.05) is 45.2 Å². The number of aryl methyl sites for hydroxylation is 2. The van der Waals surface area contributed by atoms with Gasteiger partial charge in [-0.25, -0.2) is 0 Å². The molecular weight excluding hydrogens is 490 g/mol. The Morgan fingerprint density at radius 1 is 1.08 bits per heavy atom. The first kappa shape index (κ1) is 26.4. The molecule has 200 valence electrons. The minimum Gasteiger partial charge on any atom is -0.351 e. The zero-order valence-corrected chi connectivity index (χ0v) is 23.9. The third-order valence-electron chi connectivity index (χ3n) is 8.15. The Morgan fingerprint density at radius 3 is 2.50 bits per heavy atom. The predicted molar refractivity (Wildman–Crippen MR) is 159 cm³/mol. The normalized spacial score (nSPS) is 20.2. The molecule has 1 saturated heterocycles. The van der Waals surface area contributed by atoms with Crippen molar-refractivity contribution in [2.24, 2.45) is 5.92 Å². The van der Waals surface area contributed by atoms with Crippen LogP contribution in [0.25, 0.3) is 0 Å². The summed E-state index contributed by atoms with van der Waals surface area (Å²) >= 11 is 5.98. The molecule has 38 heavy (non-hydrogen) atoms. The Labute approximate surface area is 231 Å². The van der Waals surface area contributed by atoms with Gasteiger partial charge in [0.05, 0.1) is 17.8 Å². The van der Waals surface area contributed by atoms with Crippen molar-refractivity contribution in [3.8, 4) is 0 Å². The van der Waals surface area contributed by atoms with Crippen molar-refractivity contribution < 1.29 is 4.79 Å². The van der Waals surface area contributed by atoms with Crippen LogP contribution in [0.2, 0.25) is 0 Å². The van der Waals surface area contributed by atoms with Gasteiger partial charge in [-0.3, -0.25) is 9.78 Å². The van der Waals surface area contributed by atoms with Crippen LogP contribution in [0.15, 0.2) is 48.7 Å². The highest BCUT2D eigenvalue weighted by Gasteiger charge is 2.42. The molecule has 2 atom stereocenters. The van der Waals surface area contributed by atoms with Crippen LogP contribution in [0, 0.1) is 26.7 Å². The van der Waals surface area contributed by atoms with Crippen LogP contribution in [-0.2, 0) is 4.79 Å². The second-order valence-corrected chi connectivity index (χ2v) is 11.5. The largest absolute Gasteiger partial charge is 0.351 e. The molecule has 0 radical (unpaired) electrons. The number of anilines is 2. The highest BCUT2D eigenvalue weighted by molar-refractivity contribution is 7.80. The topological polar surface area (TPSA) is 62.2 Å². The number of carbonyl (C=O) groups is 1. The first-order chi connectivity index (χ1) is 18.3. The van der Waals surface area contributed by atoms with Crippen molar-refractivity contribution in [1.29, 1.82) is 0 Å². The van der Waals surface area contributed by atoms with Crippen LogP contribution in [0.3, 0.4) is 0 Å². The Balaban J connectivity index is 1.58. The van der Waals surface area contributed by atoms with Gasteiger partial charge in [0.2, 0.25) is 5.91 Å². The summed E-state index contributed by atoms with van der Waals surface area (Å²) in [4.78, 5) is 19.3. The summed E-state index contributed by atoms with van der Waals surface area (Å²) in [5, 5.41) is 7.34. The third kappa shape index (κ3) is 4.96. The maximum atomic E-state index is 12.3. The van der Waals surface area contributed by atoms with Crippen LogP contribution >= 0.6 is 12.2 Å². The molecule has 5 rings (SSSR count). The Kier molecular flexibility index (Phi) is 7.57. The van der Waals surface area contributed by atoms with Gasteiger partial charge in [0.25, 0.3) is 0 Å². The van der Waals surface area contributed by atoms with Gasteiger partial charge < -0.3 is 20.1 Å². The maximum Gasteiger partial charge on any atom is 0.226 e. The van der Waals surface area contributed by atoms with E-state index >= 15 is 0 Å². The molecule has 0 bridgehead atoms. The predicted octanol–water partition coefficient (Wildman–Crippen LogP) is 7.09. The minimum absolute atomic E-state index is 0.0162. The van der Waals surface area contributed by atoms with Crippen LogP contribution < -0.4 is 15.5 Å². The van der Waals surface area contributed by atoms with Gasteiger partial charge in [-0.2, -0.15) is 0 Å². The molecule has 2 N–H and O–H groups in total. The van der Waals surface area contributed by atoms with Crippen molar-refractivity contribution in [2.75, 3.05) is 10.2 Å². The van der Waals surface area contributed by atoms with Crippen LogP contribution in [0.1, 0.15) is 92.3 Å². The van der Waals surface area contributed by atoms with Gasteiger partial charge in [-0.1, -0.05) is 39.2 Å². The molecule has 2 fully saturated rings. The molecule has 3 aromatic rings. The molecule has 2 aliphatic rings. The SMILES string of the molecule is Cc1cc(N2C(=S)NC(c3ccccn3)C2c2cc(C)n(C3CCCCC3)c2C)ccc1NC(=O)C(C)C. The monoisotopic (exact) mass is 529 g/mol. The molecule has 2 unspecified atom stereocenters. The number of hydrogen-bond donors (Lipinski definition) is 2. The summed E-state index contributed by atoms with van der Waals surface area (Å²) in [5.41, 5.74) is 7.73. The van der Waals surface area contributed by atoms with E-state index in [4.69, 9.17) is 17.2 Å². The molecule has 0 spiro atoms. The van der Waals surface area contributed by atoms with Crippen molar-refractivity contribution in [3.63, 3.8) is 0 Å². The molecule has 1 saturated carbocycles. The van der Waals surface area contributed by atoms with Crippen LogP contribution in [-0.4, -0.2) is 20.6 Å². The third-order valence-corrected chi connectivity index (χ3v) is 8.47. The van der Waals surface area contributed by atoms with E-state index in [9.17, 15) is 4.79 Å². The summed E-state index contributed by atoms with van der Waals surface area (Å²) in [6.07, 6.45) is 8.27. The second kappa shape index (κ2) is 10.9. The van der Waals surface area contributed by atoms with Crippen molar-refractivity contribution in [2.45, 2.75) is 84.8 Å². The fourth-order valence-electron chi connectivity index (χ4n) is 6.17. The second-order valence-electron chi connectivity index (χ2n) is 11.1. The number of hydrogen-bond acceptors (Lipinski definition) is 3. The fraction of sp³-hybridized carbons (Fsp3) is 0.452. The Morgan fingerprint density at radius 2 is 1.84 bits per heavy atom. The number of amides is 1. The van der Waals surface area contributed by atoms with Gasteiger partial charge in [0.15, 0.2) is 5.11 Å². The average molecular weight is 530 g/mol. The molecule has 1 aliphatic carbocycles. The van der Waals surface area contributed by atoms with Crippen molar-refractivity contribution in [3.05, 3.63) is 76.9 Å². The number of nitrogens with one attached hydrogen (secondary N) is 2. The van der Waals surface area contributed by atoms with Gasteiger partial charge in [-0.05, 0) is 93.4 Å². The first-order valence-electron chi connectivity index (χ1n) is 13.9. The van der Waals surface area contributed by atoms with Gasteiger partial charge >= 0.3 is 0 Å². The highest BCUT2D eigenvalue weighted by atomic mass is 32.1. The molecule has 6 nitrogen and oxygen atoms in total. The lowest BCUT2D eigenvalue weighted by Gasteiger charge is -2.30. The van der Waals surface area contributed by atoms with Crippen LogP contribution in [0.4, 0.5) is 11.4 Å². The molecule has 2 aromatic heterocycles. The summed E-state index contributed by atoms with van der Waals surface area (Å²) in [7, 11) is 0. The number of nitrogens with zero attached hydrogens (tertiary/aromatic N) is 3. The smallest absolute Gasteiger partial charge is 0.226 e. The minimum atomic E-state index is -0.0790. The van der Waals surface area contributed by atoms with Gasteiger partial charge in [-0.15, -0.1) is 0 Å². The highest BCUT2D eigenvalue weighted by Crippen LogP contribution is 2.45. The quantitative estimate of drug-likeness (QED) is 0.334. The summed E-state index contributed by atoms with van der Waals surface area (Å²) in [6, 6.07) is 15.0. The van der Waals surface area contributed by atoms with Crippen molar-refractivity contribution >= 4 is 34.6 Å². The molecule has 3 heterocycles. The average Bonchev–Trinajstić information content (AvgIpc) is 3.41. The lowest BCUT2D eigenvalue weighted by molar-refractivity contribution is -0.118. The number of benzene rings is 1. The summed E-state index contributed by atoms with van der Waals surface area (Å²) in [5.74, 6) is -0.0604. The number of thiocarbonyl (C=S) groups is 1. The standard InChI is InChI=1S/C31H39N5OS/c1-19(2)30(37)33-26-15-14-24(17-20(26)3)36-29(28(34-31(36)38)27-13-9-10-16-32-27)25-18-21(4)35(22(25)5)23-11-7-6-8-12-23/h9-10,13-19,23,28-29H,6-8,11-12H2,1-5H3,(H,33,37)(H,34,38). The van der Waals surface area contributed by atoms with E-state index in [2.05, 4.69) is 58.2 Å². The Bertz CT molecular complexity index is 1330. The molecule has 7 heteroatoms. The number of pyridine rings is 1. The van der Waals surface area contributed by atoms with Gasteiger partial charge in [0, 0.05) is 40.9 Å². The van der Waals surface area contributed by atoms with Crippen molar-refractivity contribution in [1.82, 2.24) is 14.9 Å². The zero-order valence-electron chi connectivity index (χ0n) is 23.1. The van der Waals surface area contributed by atoms with E-state index in [0.29, 0.717) is 11.2 Å². The molecule has 1 aromatic carbocycles. The van der Waals surface area contributed by atoms with Gasteiger partial charge in [0.1, 0.15) is 0 Å². The lowest BCUT2D eigenvalue weighted by atomic mass is 9.94. The lowest BCUT2D eigenvalue weighted by Crippen LogP contribution is -2.30. The number of aromatic nitrogens is 2. The summed E-state index contributed by atoms with van der Waals surface area (Å²) < 4.78 is 2.57. The van der Waals surface area contributed by atoms with E-state index in [1.54, 1.807) is 0 Å². The first-order valence-corrected chi connectivity index (χ1v) is 14.3.